The highest BCUT2D eigenvalue weighted by Gasteiger charge is 2.45. The third-order valence-electron chi connectivity index (χ3n) is 24.2. The Labute approximate surface area is 665 Å². The third-order valence-corrected chi connectivity index (χ3v) is 24.2. The molecule has 0 bridgehead atoms. The summed E-state index contributed by atoms with van der Waals surface area (Å²) in [6, 6.07) is 134. The van der Waals surface area contributed by atoms with Gasteiger partial charge in [-0.15, -0.1) is 0 Å². The van der Waals surface area contributed by atoms with E-state index in [0.29, 0.717) is 0 Å². The first kappa shape index (κ1) is 68.9. The monoisotopic (exact) mass is 1460 g/mol. The third kappa shape index (κ3) is 12.2. The molecule has 0 amide bonds. The number of benzene rings is 16. The van der Waals surface area contributed by atoms with Gasteiger partial charge in [-0.1, -0.05) is 305 Å². The summed E-state index contributed by atoms with van der Waals surface area (Å²) in [4.78, 5) is 4.69. The molecule has 0 saturated heterocycles. The smallest absolute Gasteiger partial charge is 0.137 e. The molecule has 542 valence electrons. The van der Waals surface area contributed by atoms with E-state index in [0.717, 1.165) is 148 Å². The number of anilines is 6. The summed E-state index contributed by atoms with van der Waals surface area (Å²) in [5.74, 6) is 0. The molecular formula is C110H80N2O2. The summed E-state index contributed by atoms with van der Waals surface area (Å²) >= 11 is 0. The zero-order chi connectivity index (χ0) is 76.4. The molecule has 16 aromatic carbocycles. The predicted molar refractivity (Wildman–Crippen MR) is 480 cm³/mol. The number of furan rings is 2. The van der Waals surface area contributed by atoms with Crippen molar-refractivity contribution in [2.24, 2.45) is 0 Å². The molecule has 0 radical (unpaired) electrons. The molecule has 4 heteroatoms. The Balaban J connectivity index is 0.638. The van der Waals surface area contributed by atoms with Gasteiger partial charge in [0.15, 0.2) is 0 Å². The van der Waals surface area contributed by atoms with Crippen LogP contribution in [0.3, 0.4) is 0 Å². The van der Waals surface area contributed by atoms with Gasteiger partial charge in [0.1, 0.15) is 22.3 Å². The fraction of sp³-hybridized carbons (Fsp3) is 0.0545. The Morgan fingerprint density at radius 2 is 0.482 bits per heavy atom. The molecule has 0 atom stereocenters. The largest absolute Gasteiger partial charge is 0.456 e. The maximum absolute atomic E-state index is 6.60. The highest BCUT2D eigenvalue weighted by atomic mass is 16.3. The van der Waals surface area contributed by atoms with Gasteiger partial charge in [-0.2, -0.15) is 0 Å². The second kappa shape index (κ2) is 28.5. The minimum atomic E-state index is -0.341. The van der Waals surface area contributed by atoms with Crippen LogP contribution in [0.1, 0.15) is 66.8 Å². The molecule has 0 N–H and O–H groups in total. The lowest BCUT2D eigenvalue weighted by Gasteiger charge is -2.33. The van der Waals surface area contributed by atoms with Gasteiger partial charge in [0.2, 0.25) is 0 Å². The molecule has 18 aromatic rings. The quantitative estimate of drug-likeness (QED) is 0.0718. The van der Waals surface area contributed by atoms with E-state index >= 15 is 0 Å². The fourth-order valence-electron chi connectivity index (χ4n) is 18.5. The van der Waals surface area contributed by atoms with Crippen molar-refractivity contribution >= 4 is 102 Å². The molecule has 2 heterocycles. The van der Waals surface area contributed by atoms with Crippen LogP contribution >= 0.6 is 0 Å². The topological polar surface area (TPSA) is 32.8 Å². The molecule has 0 saturated carbocycles. The fourth-order valence-corrected chi connectivity index (χ4v) is 18.5. The lowest BCUT2D eigenvalue weighted by Crippen LogP contribution is -2.31. The van der Waals surface area contributed by atoms with Crippen molar-refractivity contribution in [1.82, 2.24) is 0 Å². The molecule has 0 spiro atoms. The molecular weight excluding hydrogens is 1380 g/mol. The molecule has 0 unspecified atom stereocenters. The number of rotatable bonds is 21. The van der Waals surface area contributed by atoms with Crippen LogP contribution < -0.4 is 9.80 Å². The van der Waals surface area contributed by atoms with Crippen LogP contribution in [0, 0.1) is 0 Å². The highest BCUT2D eigenvalue weighted by molar-refractivity contribution is 6.07. The minimum absolute atomic E-state index is 0.341. The maximum atomic E-state index is 6.60. The zero-order valence-electron chi connectivity index (χ0n) is 63.3. The second-order valence-corrected chi connectivity index (χ2v) is 30.7. The van der Waals surface area contributed by atoms with Crippen molar-refractivity contribution in [2.45, 2.75) is 36.5 Å². The van der Waals surface area contributed by atoms with Gasteiger partial charge in [0, 0.05) is 78.6 Å². The molecule has 0 fully saturated rings. The van der Waals surface area contributed by atoms with E-state index in [4.69, 9.17) is 8.83 Å². The summed E-state index contributed by atoms with van der Waals surface area (Å²) in [6.45, 7) is 16.3. The van der Waals surface area contributed by atoms with Crippen LogP contribution in [0.5, 0.6) is 0 Å². The Morgan fingerprint density at radius 3 is 0.807 bits per heavy atom. The molecule has 20 rings (SSSR count). The van der Waals surface area contributed by atoms with Crippen molar-refractivity contribution in [3.8, 4) is 55.6 Å². The molecule has 2 aromatic heterocycles. The van der Waals surface area contributed by atoms with Crippen LogP contribution in [0.15, 0.2) is 399 Å². The zero-order valence-corrected chi connectivity index (χ0v) is 63.3. The molecule has 2 aliphatic carbocycles. The minimum Gasteiger partial charge on any atom is -0.456 e. The van der Waals surface area contributed by atoms with Gasteiger partial charge in [0.25, 0.3) is 0 Å². The van der Waals surface area contributed by atoms with Gasteiger partial charge in [-0.25, -0.2) is 0 Å². The number of para-hydroxylation sites is 2. The first-order valence-corrected chi connectivity index (χ1v) is 39.4. The van der Waals surface area contributed by atoms with Crippen molar-refractivity contribution in [2.75, 3.05) is 9.80 Å². The average molecular weight is 1460 g/mol. The summed E-state index contributed by atoms with van der Waals surface area (Å²) in [5, 5.41) is 4.37. The van der Waals surface area contributed by atoms with E-state index in [2.05, 4.69) is 376 Å². The van der Waals surface area contributed by atoms with Crippen molar-refractivity contribution in [3.05, 3.63) is 457 Å². The van der Waals surface area contributed by atoms with Gasteiger partial charge in [0.05, 0.1) is 0 Å². The van der Waals surface area contributed by atoms with E-state index < -0.39 is 0 Å². The first-order valence-electron chi connectivity index (χ1n) is 39.4. The first-order chi connectivity index (χ1) is 56.2. The molecule has 2 aliphatic rings. The highest BCUT2D eigenvalue weighted by Crippen LogP contribution is 2.56. The van der Waals surface area contributed by atoms with Crippen LogP contribution in [-0.4, -0.2) is 0 Å². The van der Waals surface area contributed by atoms with Crippen LogP contribution in [-0.2, 0) is 36.5 Å². The predicted octanol–water partition coefficient (Wildman–Crippen LogP) is 29.5. The Bertz CT molecular complexity index is 6240. The van der Waals surface area contributed by atoms with E-state index in [-0.39, 0.29) is 10.8 Å². The van der Waals surface area contributed by atoms with Gasteiger partial charge >= 0.3 is 0 Å². The van der Waals surface area contributed by atoms with E-state index in [1.54, 1.807) is 0 Å². The van der Waals surface area contributed by atoms with E-state index in [9.17, 15) is 0 Å². The number of hydrogen-bond acceptors (Lipinski definition) is 4. The van der Waals surface area contributed by atoms with Crippen molar-refractivity contribution in [3.63, 3.8) is 0 Å². The summed E-state index contributed by atoms with van der Waals surface area (Å²) < 4.78 is 13.2. The SMILES string of the molecule is C=Cc1ccc(CC2(Cc3ccc(C=C)cc3)c3ccccc3-c3ccc(-c4ccc(N(c5ccc(-c6ccc(N(c7ccc(-c8ccc9c(c8)C(Cc8ccc(C=C)cc8)(Cc8ccc(C=C)cc8)c8ccccc8-9)cc7)c7ccc8c(c7)oc7ccccc78)cc6)cc5)c5ccc6c(c5)oc5ccccc56)cc4)cc32)cc1. The number of fused-ring (bicyclic) bond motifs is 12. The van der Waals surface area contributed by atoms with Crippen LogP contribution in [0.2, 0.25) is 0 Å². The average Bonchev–Trinajstić information content (AvgIpc) is 1.57. The molecule has 114 heavy (non-hydrogen) atoms. The Kier molecular flexibility index (Phi) is 17.2. The lowest BCUT2D eigenvalue weighted by molar-refractivity contribution is 0.520. The maximum Gasteiger partial charge on any atom is 0.137 e. The van der Waals surface area contributed by atoms with Crippen molar-refractivity contribution in [1.29, 1.82) is 0 Å². The van der Waals surface area contributed by atoms with E-state index in [1.165, 1.54) is 77.9 Å². The van der Waals surface area contributed by atoms with Crippen molar-refractivity contribution < 1.29 is 8.83 Å². The summed E-state index contributed by atoms with van der Waals surface area (Å²) in [5.41, 5.74) is 35.8. The Morgan fingerprint density at radius 1 is 0.219 bits per heavy atom. The summed E-state index contributed by atoms with van der Waals surface area (Å²) in [6.07, 6.45) is 11.0. The molecule has 4 nitrogen and oxygen atoms in total. The van der Waals surface area contributed by atoms with Crippen LogP contribution in [0.25, 0.3) is 124 Å². The normalized spacial score (nSPS) is 12.8. The number of hydrogen-bond donors (Lipinski definition) is 0. The van der Waals surface area contributed by atoms with Gasteiger partial charge in [-0.05, 0) is 245 Å². The van der Waals surface area contributed by atoms with E-state index in [1.807, 2.05) is 48.6 Å². The second-order valence-electron chi connectivity index (χ2n) is 30.7. The lowest BCUT2D eigenvalue weighted by atomic mass is 9.69. The standard InChI is InChI=1S/C110H80N2O2/c1-5-73-25-33-77(34-26-73)69-109(70-78-35-27-74(6-2)28-36-78)101-21-13-9-17-93(101)95-61-49-85(65-103(95)109)83-45-55-89(56-46-83)111(91-59-63-99-97-19-11-15-23-105(97)113-107(99)67-91)87-51-41-81(42-52-87)82-43-53-88(54-44-82)112(92-60-64-100-98-20-12-16-24-106(98)114-108(100)68-92)90-57-47-84(48-58-90)86-50-62-96-94-18-10-14-22-102(94)110(104(96)66-86,71-79-37-29-75(7-3)30-38-79)72-80-39-31-76(8-4)32-40-80/h5-68H,1-4,69-72H2. The molecule has 0 aliphatic heterocycles. The van der Waals surface area contributed by atoms with Crippen LogP contribution in [0.4, 0.5) is 34.1 Å². The Hall–Kier alpha value is -14.3. The van der Waals surface area contributed by atoms with Gasteiger partial charge in [-0.3, -0.25) is 0 Å². The number of nitrogens with zero attached hydrogens (tertiary/aromatic N) is 2. The summed E-state index contributed by atoms with van der Waals surface area (Å²) in [7, 11) is 0. The van der Waals surface area contributed by atoms with Gasteiger partial charge < -0.3 is 18.6 Å².